The fourth-order valence-electron chi connectivity index (χ4n) is 0.763. The van der Waals surface area contributed by atoms with Gasteiger partial charge in [-0.15, -0.1) is 0 Å². The summed E-state index contributed by atoms with van der Waals surface area (Å²) in [6.07, 6.45) is 1.85. The van der Waals surface area contributed by atoms with Crippen LogP contribution in [0.5, 0.6) is 0 Å². The van der Waals surface area contributed by atoms with E-state index in [0.717, 1.165) is 18.8 Å². The van der Waals surface area contributed by atoms with Gasteiger partial charge >= 0.3 is 0 Å². The first-order valence-corrected chi connectivity index (χ1v) is 3.30. The first-order valence-electron chi connectivity index (χ1n) is 3.30. The van der Waals surface area contributed by atoms with Crippen molar-refractivity contribution >= 4 is 11.9 Å². The maximum absolute atomic E-state index is 4.27. The average molecular weight is 124 g/mol. The van der Waals surface area contributed by atoms with Crippen LogP contribution < -0.4 is 0 Å². The fourth-order valence-corrected chi connectivity index (χ4v) is 0.763. The Kier molecular flexibility index (Phi) is 1.98. The molecule has 0 saturated carbocycles. The highest BCUT2D eigenvalue weighted by atomic mass is 14.8. The van der Waals surface area contributed by atoms with Crippen molar-refractivity contribution in [2.45, 2.75) is 13.8 Å². The van der Waals surface area contributed by atoms with Gasteiger partial charge in [0.15, 0.2) is 0 Å². The largest absolute Gasteiger partial charge is 0.291 e. The zero-order chi connectivity index (χ0) is 6.69. The Morgan fingerprint density at radius 2 is 2.33 bits per heavy atom. The van der Waals surface area contributed by atoms with Crippen LogP contribution in [0.15, 0.2) is 9.98 Å². The first-order chi connectivity index (χ1) is 4.29. The molecule has 0 aromatic rings. The highest BCUT2D eigenvalue weighted by Gasteiger charge is 2.01. The van der Waals surface area contributed by atoms with Crippen LogP contribution in [-0.2, 0) is 0 Å². The van der Waals surface area contributed by atoms with Gasteiger partial charge in [-0.2, -0.15) is 0 Å². The maximum Gasteiger partial charge on any atom is 0.0495 e. The molecular weight excluding hydrogens is 112 g/mol. The fraction of sp³-hybridized carbons (Fsp3) is 0.714. The highest BCUT2D eigenvalue weighted by Crippen LogP contribution is 1.98. The summed E-state index contributed by atoms with van der Waals surface area (Å²) in [6.45, 7) is 6.02. The smallest absolute Gasteiger partial charge is 0.0495 e. The van der Waals surface area contributed by atoms with Gasteiger partial charge in [0.2, 0.25) is 0 Å². The molecule has 1 rings (SSSR count). The van der Waals surface area contributed by atoms with E-state index in [-0.39, 0.29) is 0 Å². The van der Waals surface area contributed by atoms with Crippen molar-refractivity contribution in [3.05, 3.63) is 0 Å². The molecule has 1 heterocycles. The van der Waals surface area contributed by atoms with E-state index in [4.69, 9.17) is 0 Å². The Morgan fingerprint density at radius 3 is 3.11 bits per heavy atom. The molecule has 0 spiro atoms. The van der Waals surface area contributed by atoms with Crippen molar-refractivity contribution in [2.75, 3.05) is 13.1 Å². The Balaban J connectivity index is 2.58. The quantitative estimate of drug-likeness (QED) is 0.463. The molecule has 0 radical (unpaired) electrons. The van der Waals surface area contributed by atoms with Gasteiger partial charge in [-0.25, -0.2) is 0 Å². The lowest BCUT2D eigenvalue weighted by atomic mass is 10.2. The summed E-state index contributed by atoms with van der Waals surface area (Å²) in [4.78, 5) is 8.45. The normalized spacial score (nSPS) is 27.3. The molecular formula is C7H12N2. The van der Waals surface area contributed by atoms with Crippen LogP contribution in [0.2, 0.25) is 0 Å². The lowest BCUT2D eigenvalue weighted by Gasteiger charge is -1.99. The molecule has 1 aliphatic rings. The van der Waals surface area contributed by atoms with Crippen LogP contribution in [0.3, 0.4) is 0 Å². The molecule has 0 unspecified atom stereocenters. The van der Waals surface area contributed by atoms with Crippen LogP contribution in [0, 0.1) is 5.92 Å². The molecule has 0 aromatic carbocycles. The number of hydrogen-bond donors (Lipinski definition) is 0. The van der Waals surface area contributed by atoms with Crippen LogP contribution in [0.1, 0.15) is 13.8 Å². The zero-order valence-electron chi connectivity index (χ0n) is 5.96. The molecule has 50 valence electrons. The third kappa shape index (κ3) is 1.96. The van der Waals surface area contributed by atoms with Gasteiger partial charge in [0.25, 0.3) is 0 Å². The zero-order valence-corrected chi connectivity index (χ0v) is 5.96. The van der Waals surface area contributed by atoms with Gasteiger partial charge in [0.05, 0.1) is 0 Å². The van der Waals surface area contributed by atoms with Crippen LogP contribution >= 0.6 is 0 Å². The minimum absolute atomic E-state index is 0.624. The van der Waals surface area contributed by atoms with E-state index < -0.39 is 0 Å². The monoisotopic (exact) mass is 124 g/mol. The Labute approximate surface area is 55.7 Å². The van der Waals surface area contributed by atoms with E-state index in [9.17, 15) is 0 Å². The van der Waals surface area contributed by atoms with E-state index in [1.54, 1.807) is 0 Å². The third-order valence-electron chi connectivity index (χ3n) is 1.35. The Hall–Kier alpha value is -0.660. The topological polar surface area (TPSA) is 24.7 Å². The van der Waals surface area contributed by atoms with Crippen molar-refractivity contribution in [2.24, 2.45) is 15.9 Å². The van der Waals surface area contributed by atoms with Crippen molar-refractivity contribution in [3.63, 3.8) is 0 Å². The predicted octanol–water partition coefficient (Wildman–Crippen LogP) is 1.17. The molecule has 0 saturated heterocycles. The number of hydrogen-bond acceptors (Lipinski definition) is 2. The second-order valence-electron chi connectivity index (χ2n) is 2.58. The number of rotatable bonds is 0. The summed E-state index contributed by atoms with van der Waals surface area (Å²) >= 11 is 0. The molecule has 0 aliphatic carbocycles. The SMILES string of the molecule is CC1=NC[C@H](C)CN=C1. The molecule has 0 fully saturated rings. The minimum Gasteiger partial charge on any atom is -0.291 e. The Bertz CT molecular complexity index is 147. The van der Waals surface area contributed by atoms with Crippen LogP contribution in [0.4, 0.5) is 0 Å². The van der Waals surface area contributed by atoms with Gasteiger partial charge in [0, 0.05) is 25.0 Å². The summed E-state index contributed by atoms with van der Waals surface area (Å²) in [6, 6.07) is 0. The molecule has 0 bridgehead atoms. The molecule has 0 amide bonds. The molecule has 2 nitrogen and oxygen atoms in total. The minimum atomic E-state index is 0.624. The first kappa shape index (κ1) is 6.46. The number of nitrogens with zero attached hydrogens (tertiary/aromatic N) is 2. The standard InChI is InChI=1S/C7H12N2/c1-6-3-8-5-7(2)9-4-6/h5-6H,3-4H2,1-2H3/t6-/m1/s1. The second-order valence-corrected chi connectivity index (χ2v) is 2.58. The van der Waals surface area contributed by atoms with Gasteiger partial charge in [-0.3, -0.25) is 9.98 Å². The van der Waals surface area contributed by atoms with Crippen molar-refractivity contribution in [1.82, 2.24) is 0 Å². The molecule has 0 aromatic heterocycles. The second kappa shape index (κ2) is 2.76. The van der Waals surface area contributed by atoms with Gasteiger partial charge in [0.1, 0.15) is 0 Å². The van der Waals surface area contributed by atoms with E-state index >= 15 is 0 Å². The van der Waals surface area contributed by atoms with Crippen LogP contribution in [-0.4, -0.2) is 25.0 Å². The highest BCUT2D eigenvalue weighted by molar-refractivity contribution is 6.29. The molecule has 0 N–H and O–H groups in total. The lowest BCUT2D eigenvalue weighted by molar-refractivity contribution is 0.617. The lowest BCUT2D eigenvalue weighted by Crippen LogP contribution is -2.01. The van der Waals surface area contributed by atoms with Crippen molar-refractivity contribution in [1.29, 1.82) is 0 Å². The van der Waals surface area contributed by atoms with Gasteiger partial charge < -0.3 is 0 Å². The summed E-state index contributed by atoms with van der Waals surface area (Å²) < 4.78 is 0. The van der Waals surface area contributed by atoms with E-state index in [1.807, 2.05) is 13.1 Å². The molecule has 1 aliphatic heterocycles. The van der Waals surface area contributed by atoms with Crippen molar-refractivity contribution in [3.8, 4) is 0 Å². The molecule has 9 heavy (non-hydrogen) atoms. The third-order valence-corrected chi connectivity index (χ3v) is 1.35. The Morgan fingerprint density at radius 1 is 1.56 bits per heavy atom. The summed E-state index contributed by atoms with van der Waals surface area (Å²) in [7, 11) is 0. The van der Waals surface area contributed by atoms with Crippen molar-refractivity contribution < 1.29 is 0 Å². The van der Waals surface area contributed by atoms with Crippen LogP contribution in [0.25, 0.3) is 0 Å². The van der Waals surface area contributed by atoms with Gasteiger partial charge in [-0.05, 0) is 12.8 Å². The molecule has 2 heteroatoms. The summed E-state index contributed by atoms with van der Waals surface area (Å²) in [5.74, 6) is 0.624. The van der Waals surface area contributed by atoms with E-state index in [2.05, 4.69) is 16.9 Å². The predicted molar refractivity (Wildman–Crippen MR) is 40.5 cm³/mol. The molecule has 1 atom stereocenters. The van der Waals surface area contributed by atoms with Gasteiger partial charge in [-0.1, -0.05) is 6.92 Å². The van der Waals surface area contributed by atoms with E-state index in [0.29, 0.717) is 5.92 Å². The summed E-state index contributed by atoms with van der Waals surface area (Å²) in [5, 5.41) is 0. The number of aliphatic imine (C=N–C) groups is 2. The maximum atomic E-state index is 4.27. The summed E-state index contributed by atoms with van der Waals surface area (Å²) in [5.41, 5.74) is 1.05. The average Bonchev–Trinajstić information content (AvgIpc) is 1.97. The van der Waals surface area contributed by atoms with E-state index in [1.165, 1.54) is 0 Å².